The van der Waals surface area contributed by atoms with E-state index in [0.717, 1.165) is 0 Å². The number of hydrogen-bond acceptors (Lipinski definition) is 8. The molecule has 1 aromatic rings. The minimum atomic E-state index is -5.30. The second-order valence-electron chi connectivity index (χ2n) is 9.09. The van der Waals surface area contributed by atoms with Gasteiger partial charge < -0.3 is 8.92 Å². The van der Waals surface area contributed by atoms with Gasteiger partial charge in [-0.05, 0) is 64.3 Å². The number of hydrogen-bond donors (Lipinski definition) is 1. The number of carbonyl (C=O) groups excluding carboxylic acids is 3. The molecule has 0 aliphatic carbocycles. The quantitative estimate of drug-likeness (QED) is 0.481. The van der Waals surface area contributed by atoms with Crippen molar-refractivity contribution in [1.82, 2.24) is 10.2 Å². The van der Waals surface area contributed by atoms with Crippen molar-refractivity contribution in [3.05, 3.63) is 23.8 Å². The Morgan fingerprint density at radius 1 is 1.18 bits per heavy atom. The number of carbonyl (C=O) groups is 3. The highest BCUT2D eigenvalue weighted by Gasteiger charge is 2.29. The molecule has 0 unspecified atom stereocenters. The molecule has 12 heteroatoms. The van der Waals surface area contributed by atoms with E-state index in [1.54, 1.807) is 32.9 Å². The van der Waals surface area contributed by atoms with Gasteiger partial charge in [0.15, 0.2) is 5.75 Å². The van der Waals surface area contributed by atoms with Crippen LogP contribution in [0.2, 0.25) is 0 Å². The molecule has 10 nitrogen and oxygen atoms in total. The zero-order valence-corrected chi connectivity index (χ0v) is 19.6. The van der Waals surface area contributed by atoms with Gasteiger partial charge in [-0.25, -0.2) is 4.79 Å². The Morgan fingerprint density at radius 3 is 2.42 bits per heavy atom. The van der Waals surface area contributed by atoms with Gasteiger partial charge in [-0.15, -0.1) is 0 Å². The molecule has 0 bridgehead atoms. The van der Waals surface area contributed by atoms with Crippen LogP contribution >= 0.6 is 0 Å². The number of rotatable bonds is 6. The maximum Gasteiger partial charge on any atom is 0.488 e. The molecule has 0 spiro atoms. The van der Waals surface area contributed by atoms with Crippen LogP contribution in [0, 0.1) is 0 Å². The first-order valence-corrected chi connectivity index (χ1v) is 12.0. The van der Waals surface area contributed by atoms with E-state index in [4.69, 9.17) is 4.74 Å². The van der Waals surface area contributed by atoms with Crippen LogP contribution in [-0.2, 0) is 24.8 Å². The zero-order valence-electron chi connectivity index (χ0n) is 18.8. The Bertz CT molecular complexity index is 1030. The molecule has 2 aliphatic heterocycles. The smallest absolute Gasteiger partial charge is 0.459 e. The number of amides is 3. The number of halogens is 1. The third kappa shape index (κ3) is 7.13. The highest BCUT2D eigenvalue weighted by molar-refractivity contribution is 7.81. The van der Waals surface area contributed by atoms with Crippen LogP contribution in [0.25, 0.3) is 0 Å². The molecular weight excluding hydrogens is 457 g/mol. The summed E-state index contributed by atoms with van der Waals surface area (Å²) in [5, 5.41) is 2.18. The summed E-state index contributed by atoms with van der Waals surface area (Å²) in [5.41, 5.74) is 0.204. The summed E-state index contributed by atoms with van der Waals surface area (Å²) < 4.78 is 45.8. The molecule has 2 heterocycles. The van der Waals surface area contributed by atoms with Gasteiger partial charge in [-0.1, -0.05) is 9.95 Å². The number of urea groups is 1. The Hall–Kier alpha value is -2.73. The zero-order chi connectivity index (χ0) is 24.4. The van der Waals surface area contributed by atoms with E-state index in [9.17, 15) is 26.7 Å². The number of benzene rings is 1. The van der Waals surface area contributed by atoms with E-state index in [1.807, 2.05) is 4.90 Å². The van der Waals surface area contributed by atoms with Crippen molar-refractivity contribution < 1.29 is 35.6 Å². The Morgan fingerprint density at radius 2 is 1.85 bits per heavy atom. The van der Waals surface area contributed by atoms with Crippen LogP contribution in [-0.4, -0.2) is 63.0 Å². The maximum atomic E-state index is 13.4. The van der Waals surface area contributed by atoms with E-state index in [1.165, 1.54) is 11.0 Å². The first-order valence-electron chi connectivity index (χ1n) is 10.6. The average Bonchev–Trinajstić information content (AvgIpc) is 2.66. The summed E-state index contributed by atoms with van der Waals surface area (Å²) in [6.45, 7) is 6.77. The number of piperidine rings is 1. The van der Waals surface area contributed by atoms with Crippen LogP contribution in [0.4, 0.5) is 14.4 Å². The lowest BCUT2D eigenvalue weighted by Crippen LogP contribution is -2.49. The third-order valence-electron chi connectivity index (χ3n) is 5.35. The van der Waals surface area contributed by atoms with Gasteiger partial charge in [-0.2, -0.15) is 8.42 Å². The van der Waals surface area contributed by atoms with Crippen molar-refractivity contribution in [3.63, 3.8) is 0 Å². The summed E-state index contributed by atoms with van der Waals surface area (Å²) in [6, 6.07) is 3.85. The van der Waals surface area contributed by atoms with Crippen molar-refractivity contribution in [2.45, 2.75) is 51.6 Å². The van der Waals surface area contributed by atoms with Crippen LogP contribution in [0.5, 0.6) is 5.75 Å². The van der Waals surface area contributed by atoms with E-state index >= 15 is 0 Å². The van der Waals surface area contributed by atoms with Gasteiger partial charge in [0.1, 0.15) is 5.60 Å². The number of nitrogens with one attached hydrogen (secondary N) is 1. The van der Waals surface area contributed by atoms with E-state index < -0.39 is 28.0 Å². The summed E-state index contributed by atoms with van der Waals surface area (Å²) in [7, 11) is -5.30. The number of ether oxygens (including phenoxy) is 1. The van der Waals surface area contributed by atoms with E-state index in [2.05, 4.69) is 9.50 Å². The number of esters is 1. The fourth-order valence-electron chi connectivity index (χ4n) is 3.98. The molecule has 0 aromatic heterocycles. The fraction of sp³-hybridized carbons (Fsp3) is 0.571. The molecule has 0 radical (unpaired) electrons. The second kappa shape index (κ2) is 9.64. The molecular formula is C21H28FN3O7S. The monoisotopic (exact) mass is 485 g/mol. The predicted molar refractivity (Wildman–Crippen MR) is 117 cm³/mol. The molecule has 1 aromatic carbocycles. The van der Waals surface area contributed by atoms with Gasteiger partial charge in [0, 0.05) is 24.7 Å². The van der Waals surface area contributed by atoms with Gasteiger partial charge in [0.05, 0.1) is 6.54 Å². The lowest BCUT2D eigenvalue weighted by Gasteiger charge is -2.33. The Balaban J connectivity index is 1.74. The van der Waals surface area contributed by atoms with Gasteiger partial charge in [0.2, 0.25) is 5.91 Å². The Kier molecular flexibility index (Phi) is 7.27. The molecule has 3 rings (SSSR count). The number of anilines is 1. The molecule has 33 heavy (non-hydrogen) atoms. The molecule has 2 fully saturated rings. The standard InChI is InChI=1S/C21H28FN3O7S/c1-21(2,3)31-19(27)13-24-9-6-14(7-10-24)16-5-4-15(12-17(16)32-33(22,29)30)25-11-8-18(26)23-20(25)28/h4-5,12,14H,6-11,13H2,1-3H3,(H,23,26,28). The van der Waals surface area contributed by atoms with Crippen LogP contribution in [0.15, 0.2) is 18.2 Å². The van der Waals surface area contributed by atoms with Crippen molar-refractivity contribution in [2.75, 3.05) is 31.1 Å². The summed E-state index contributed by atoms with van der Waals surface area (Å²) in [4.78, 5) is 38.8. The highest BCUT2D eigenvalue weighted by Crippen LogP contribution is 2.38. The SMILES string of the molecule is CC(C)(C)OC(=O)CN1CCC(c2ccc(N3CCC(=O)NC3=O)cc2OS(=O)(=O)F)CC1. The third-order valence-corrected chi connectivity index (χ3v) is 5.73. The molecule has 3 amide bonds. The maximum absolute atomic E-state index is 13.4. The van der Waals surface area contributed by atoms with Gasteiger partial charge in [0.25, 0.3) is 0 Å². The summed E-state index contributed by atoms with van der Waals surface area (Å²) in [6.07, 6.45) is 1.26. The summed E-state index contributed by atoms with van der Waals surface area (Å²) >= 11 is 0. The van der Waals surface area contributed by atoms with E-state index in [-0.39, 0.29) is 42.8 Å². The van der Waals surface area contributed by atoms with Crippen molar-refractivity contribution in [3.8, 4) is 5.75 Å². The lowest BCUT2D eigenvalue weighted by molar-refractivity contribution is -0.156. The fourth-order valence-corrected chi connectivity index (χ4v) is 4.34. The summed E-state index contributed by atoms with van der Waals surface area (Å²) in [5.74, 6) is -1.07. The van der Waals surface area contributed by atoms with Gasteiger partial charge >= 0.3 is 22.5 Å². The second-order valence-corrected chi connectivity index (χ2v) is 10.0. The number of likely N-dealkylation sites (tertiary alicyclic amines) is 1. The largest absolute Gasteiger partial charge is 0.488 e. The number of nitrogens with zero attached hydrogens (tertiary/aromatic N) is 2. The van der Waals surface area contributed by atoms with Gasteiger partial charge in [-0.3, -0.25) is 24.7 Å². The first-order chi connectivity index (χ1) is 15.3. The minimum Gasteiger partial charge on any atom is -0.459 e. The Labute approximate surface area is 192 Å². The lowest BCUT2D eigenvalue weighted by atomic mass is 9.88. The molecule has 182 valence electrons. The molecule has 0 atom stereocenters. The predicted octanol–water partition coefficient (Wildman–Crippen LogP) is 2.25. The first kappa shape index (κ1) is 24.9. The van der Waals surface area contributed by atoms with Crippen LogP contribution in [0.1, 0.15) is 51.5 Å². The van der Waals surface area contributed by atoms with Crippen LogP contribution in [0.3, 0.4) is 0 Å². The highest BCUT2D eigenvalue weighted by atomic mass is 32.3. The number of imide groups is 1. The molecule has 2 saturated heterocycles. The normalized spacial score (nSPS) is 18.7. The topological polar surface area (TPSA) is 122 Å². The van der Waals surface area contributed by atoms with Crippen molar-refractivity contribution in [2.24, 2.45) is 0 Å². The molecule has 0 saturated carbocycles. The van der Waals surface area contributed by atoms with Crippen molar-refractivity contribution in [1.29, 1.82) is 0 Å². The van der Waals surface area contributed by atoms with Crippen molar-refractivity contribution >= 4 is 34.1 Å². The molecule has 1 N–H and O–H groups in total. The minimum absolute atomic E-state index is 0.0845. The molecule has 2 aliphatic rings. The average molecular weight is 486 g/mol. The van der Waals surface area contributed by atoms with E-state index in [0.29, 0.717) is 31.5 Å². The van der Waals surface area contributed by atoms with Crippen LogP contribution < -0.4 is 14.4 Å².